The van der Waals surface area contributed by atoms with Crippen molar-refractivity contribution in [1.82, 2.24) is 15.1 Å². The molecular weight excluding hydrogens is 274 g/mol. The zero-order valence-electron chi connectivity index (χ0n) is 13.0. The number of carbonyl (C=O) groups is 2. The number of nitrogens with one attached hydrogen (secondary N) is 1. The number of ether oxygens (including phenoxy) is 1. The van der Waals surface area contributed by atoms with Crippen LogP contribution in [-0.4, -0.2) is 79.4 Å². The standard InChI is InChI=1S/C14H25N3O4/c1-14(12(18)19)9-21-8-11(14)15-13(20)17(3)10-5-4-6-16(2)7-10/h10-11H,4-9H2,1-3H3,(H,15,20)(H,18,19). The van der Waals surface area contributed by atoms with Crippen LogP contribution >= 0.6 is 0 Å². The molecule has 2 saturated heterocycles. The maximum atomic E-state index is 12.4. The highest BCUT2D eigenvalue weighted by molar-refractivity contribution is 5.79. The minimum absolute atomic E-state index is 0.128. The van der Waals surface area contributed by atoms with Gasteiger partial charge < -0.3 is 25.0 Å². The van der Waals surface area contributed by atoms with E-state index in [-0.39, 0.29) is 25.3 Å². The van der Waals surface area contributed by atoms with Gasteiger partial charge in [0.15, 0.2) is 0 Å². The van der Waals surface area contributed by atoms with Crippen LogP contribution in [0.3, 0.4) is 0 Å². The molecule has 3 unspecified atom stereocenters. The maximum absolute atomic E-state index is 12.4. The van der Waals surface area contributed by atoms with Gasteiger partial charge in [-0.3, -0.25) is 4.79 Å². The van der Waals surface area contributed by atoms with E-state index in [1.807, 2.05) is 7.05 Å². The highest BCUT2D eigenvalue weighted by Crippen LogP contribution is 2.29. The van der Waals surface area contributed by atoms with E-state index < -0.39 is 17.4 Å². The van der Waals surface area contributed by atoms with Gasteiger partial charge in [0.25, 0.3) is 0 Å². The fourth-order valence-corrected chi connectivity index (χ4v) is 2.96. The highest BCUT2D eigenvalue weighted by atomic mass is 16.5. The summed E-state index contributed by atoms with van der Waals surface area (Å²) in [5, 5.41) is 12.2. The molecule has 2 rings (SSSR count). The van der Waals surface area contributed by atoms with Crippen molar-refractivity contribution in [3.63, 3.8) is 0 Å². The SMILES string of the molecule is CN1CCCC(N(C)C(=O)NC2COCC2(C)C(=O)O)C1. The van der Waals surface area contributed by atoms with Crippen molar-refractivity contribution in [2.75, 3.05) is 40.4 Å². The molecule has 2 aliphatic heterocycles. The lowest BCUT2D eigenvalue weighted by Crippen LogP contribution is -2.56. The van der Waals surface area contributed by atoms with Crippen molar-refractivity contribution in [2.45, 2.75) is 31.8 Å². The second kappa shape index (κ2) is 6.19. The lowest BCUT2D eigenvalue weighted by atomic mass is 9.85. The molecule has 2 amide bonds. The number of likely N-dealkylation sites (N-methyl/N-ethyl adjacent to an activating group) is 2. The predicted molar refractivity (Wildman–Crippen MR) is 77.2 cm³/mol. The van der Waals surface area contributed by atoms with Crippen LogP contribution in [0.4, 0.5) is 4.79 Å². The second-order valence-electron chi connectivity index (χ2n) is 6.41. The van der Waals surface area contributed by atoms with Gasteiger partial charge in [-0.1, -0.05) is 0 Å². The predicted octanol–water partition coefficient (Wildman–Crippen LogP) is 0.212. The number of nitrogens with zero attached hydrogens (tertiary/aromatic N) is 2. The Bertz CT molecular complexity index is 417. The minimum Gasteiger partial charge on any atom is -0.481 e. The molecule has 0 aliphatic carbocycles. The van der Waals surface area contributed by atoms with Crippen LogP contribution in [0.1, 0.15) is 19.8 Å². The third-order valence-electron chi connectivity index (χ3n) is 4.71. The van der Waals surface area contributed by atoms with Crippen molar-refractivity contribution >= 4 is 12.0 Å². The summed E-state index contributed by atoms with van der Waals surface area (Å²) in [6, 6.07) is -0.549. The molecule has 2 heterocycles. The number of urea groups is 1. The molecule has 2 aliphatic rings. The zero-order chi connectivity index (χ0) is 15.6. The van der Waals surface area contributed by atoms with Gasteiger partial charge in [0.05, 0.1) is 19.3 Å². The van der Waals surface area contributed by atoms with Gasteiger partial charge in [-0.25, -0.2) is 4.79 Å². The lowest BCUT2D eigenvalue weighted by molar-refractivity contribution is -0.148. The summed E-state index contributed by atoms with van der Waals surface area (Å²) in [4.78, 5) is 27.6. The van der Waals surface area contributed by atoms with Crippen molar-refractivity contribution in [3.8, 4) is 0 Å². The molecule has 120 valence electrons. The van der Waals surface area contributed by atoms with Gasteiger partial charge in [-0.2, -0.15) is 0 Å². The van der Waals surface area contributed by atoms with Crippen molar-refractivity contribution in [3.05, 3.63) is 0 Å². The van der Waals surface area contributed by atoms with Gasteiger partial charge in [0, 0.05) is 19.6 Å². The molecule has 0 spiro atoms. The zero-order valence-corrected chi connectivity index (χ0v) is 13.0. The molecule has 7 heteroatoms. The minimum atomic E-state index is -1.06. The van der Waals surface area contributed by atoms with Crippen molar-refractivity contribution < 1.29 is 19.4 Å². The molecule has 2 fully saturated rings. The average Bonchev–Trinajstić information content (AvgIpc) is 2.80. The normalized spacial score (nSPS) is 33.7. The van der Waals surface area contributed by atoms with Crippen LogP contribution < -0.4 is 5.32 Å². The molecule has 21 heavy (non-hydrogen) atoms. The monoisotopic (exact) mass is 299 g/mol. The van der Waals surface area contributed by atoms with Gasteiger partial charge in [0.2, 0.25) is 0 Å². The Morgan fingerprint density at radius 3 is 2.81 bits per heavy atom. The average molecular weight is 299 g/mol. The van der Waals surface area contributed by atoms with Crippen LogP contribution in [0.5, 0.6) is 0 Å². The summed E-state index contributed by atoms with van der Waals surface area (Å²) in [6.45, 7) is 3.89. The second-order valence-corrected chi connectivity index (χ2v) is 6.41. The van der Waals surface area contributed by atoms with Gasteiger partial charge in [0.1, 0.15) is 5.41 Å². The third kappa shape index (κ3) is 3.29. The molecule has 0 bridgehead atoms. The summed E-state index contributed by atoms with van der Waals surface area (Å²) in [5.41, 5.74) is -1.06. The summed E-state index contributed by atoms with van der Waals surface area (Å²) < 4.78 is 5.25. The Balaban J connectivity index is 1.96. The van der Waals surface area contributed by atoms with Crippen LogP contribution in [0, 0.1) is 5.41 Å². The Hall–Kier alpha value is -1.34. The summed E-state index contributed by atoms with van der Waals surface area (Å²) in [7, 11) is 3.82. The largest absolute Gasteiger partial charge is 0.481 e. The Morgan fingerprint density at radius 1 is 1.48 bits per heavy atom. The summed E-state index contributed by atoms with van der Waals surface area (Å²) in [6.07, 6.45) is 2.05. The molecule has 7 nitrogen and oxygen atoms in total. The number of amides is 2. The van der Waals surface area contributed by atoms with E-state index in [1.54, 1.807) is 18.9 Å². The Morgan fingerprint density at radius 2 is 2.19 bits per heavy atom. The number of hydrogen-bond donors (Lipinski definition) is 2. The van der Waals surface area contributed by atoms with Crippen molar-refractivity contribution in [2.24, 2.45) is 5.41 Å². The smallest absolute Gasteiger partial charge is 0.317 e. The first-order chi connectivity index (χ1) is 9.84. The summed E-state index contributed by atoms with van der Waals surface area (Å²) >= 11 is 0. The number of hydrogen-bond acceptors (Lipinski definition) is 4. The van der Waals surface area contributed by atoms with Gasteiger partial charge in [-0.05, 0) is 33.4 Å². The Labute approximate surface area is 125 Å². The first kappa shape index (κ1) is 16.0. The molecule has 0 aromatic carbocycles. The number of carboxylic acid groups (broad SMARTS) is 1. The molecule has 0 saturated carbocycles. The van der Waals surface area contributed by atoms with Crippen LogP contribution in [0.2, 0.25) is 0 Å². The van der Waals surface area contributed by atoms with E-state index >= 15 is 0 Å². The number of piperidine rings is 1. The van der Waals surface area contributed by atoms with Crippen LogP contribution in [-0.2, 0) is 9.53 Å². The molecule has 3 atom stereocenters. The van der Waals surface area contributed by atoms with Gasteiger partial charge in [-0.15, -0.1) is 0 Å². The molecule has 0 radical (unpaired) electrons. The van der Waals surface area contributed by atoms with Crippen molar-refractivity contribution in [1.29, 1.82) is 0 Å². The van der Waals surface area contributed by atoms with E-state index in [0.717, 1.165) is 25.9 Å². The third-order valence-corrected chi connectivity index (χ3v) is 4.71. The fourth-order valence-electron chi connectivity index (χ4n) is 2.96. The van der Waals surface area contributed by atoms with E-state index in [1.165, 1.54) is 0 Å². The molecular formula is C14H25N3O4. The van der Waals surface area contributed by atoms with E-state index in [4.69, 9.17) is 4.74 Å². The summed E-state index contributed by atoms with van der Waals surface area (Å²) in [5.74, 6) is -0.939. The first-order valence-corrected chi connectivity index (χ1v) is 7.37. The molecule has 2 N–H and O–H groups in total. The lowest BCUT2D eigenvalue weighted by Gasteiger charge is -2.37. The number of likely N-dealkylation sites (tertiary alicyclic amines) is 1. The first-order valence-electron chi connectivity index (χ1n) is 7.37. The van der Waals surface area contributed by atoms with E-state index in [9.17, 15) is 14.7 Å². The number of rotatable bonds is 3. The number of carbonyl (C=O) groups excluding carboxylic acids is 1. The van der Waals surface area contributed by atoms with Crippen LogP contribution in [0.15, 0.2) is 0 Å². The van der Waals surface area contributed by atoms with E-state index in [0.29, 0.717) is 0 Å². The fraction of sp³-hybridized carbons (Fsp3) is 0.857. The Kier molecular flexibility index (Phi) is 4.73. The topological polar surface area (TPSA) is 82.1 Å². The molecule has 0 aromatic heterocycles. The van der Waals surface area contributed by atoms with E-state index in [2.05, 4.69) is 10.2 Å². The highest BCUT2D eigenvalue weighted by Gasteiger charge is 2.47. The number of aliphatic carboxylic acids is 1. The number of carboxylic acids is 1. The van der Waals surface area contributed by atoms with Crippen LogP contribution in [0.25, 0.3) is 0 Å². The quantitative estimate of drug-likeness (QED) is 0.778. The molecule has 0 aromatic rings. The van der Waals surface area contributed by atoms with Gasteiger partial charge >= 0.3 is 12.0 Å². The maximum Gasteiger partial charge on any atom is 0.317 e.